The van der Waals surface area contributed by atoms with Gasteiger partial charge in [0.15, 0.2) is 0 Å². The lowest BCUT2D eigenvalue weighted by atomic mass is 10.2. The highest BCUT2D eigenvalue weighted by Gasteiger charge is 2.03. The average Bonchev–Trinajstić information content (AvgIpc) is 2.47. The van der Waals surface area contributed by atoms with Gasteiger partial charge >= 0.3 is 1.43 Å². The minimum atomic E-state index is 0. The van der Waals surface area contributed by atoms with Crippen molar-refractivity contribution in [3.63, 3.8) is 0 Å². The van der Waals surface area contributed by atoms with E-state index in [1.54, 1.807) is 6.20 Å². The summed E-state index contributed by atoms with van der Waals surface area (Å²) in [6.45, 7) is 0. The number of nitrogens with one attached hydrogen (secondary N) is 2. The highest BCUT2D eigenvalue weighted by molar-refractivity contribution is 14.0. The summed E-state index contributed by atoms with van der Waals surface area (Å²) in [5.41, 5.74) is 1.90. The van der Waals surface area contributed by atoms with E-state index in [1.165, 1.54) is 0 Å². The molecule has 1 aromatic carbocycles. The van der Waals surface area contributed by atoms with Crippen LogP contribution in [0.15, 0.2) is 30.5 Å². The summed E-state index contributed by atoms with van der Waals surface area (Å²) in [6.07, 6.45) is 1.81. The molecule has 0 amide bonds. The summed E-state index contributed by atoms with van der Waals surface area (Å²) in [4.78, 5) is 3.08. The van der Waals surface area contributed by atoms with E-state index in [1.807, 2.05) is 24.3 Å². The van der Waals surface area contributed by atoms with E-state index >= 15 is 0 Å². The summed E-state index contributed by atoms with van der Waals surface area (Å²) < 4.78 is 0. The van der Waals surface area contributed by atoms with E-state index < -0.39 is 0 Å². The van der Waals surface area contributed by atoms with Crippen LogP contribution in [0, 0.1) is 5.41 Å². The SMILES string of the molecule is I.N=C(S)c1c[nH]c2ccccc12.[H+]. The maximum Gasteiger partial charge on any atom is 1.00 e. The van der Waals surface area contributed by atoms with Gasteiger partial charge in [0.1, 0.15) is 0 Å². The smallest absolute Gasteiger partial charge is 0.360 e. The fraction of sp³-hybridized carbons (Fsp3) is 0. The molecule has 2 N–H and O–H groups in total. The number of halogens is 1. The largest absolute Gasteiger partial charge is 1.00 e. The topological polar surface area (TPSA) is 39.6 Å². The predicted molar refractivity (Wildman–Crippen MR) is 70.6 cm³/mol. The number of thiol groups is 1. The van der Waals surface area contributed by atoms with Gasteiger partial charge in [-0.05, 0) is 6.07 Å². The number of H-pyrrole nitrogens is 1. The van der Waals surface area contributed by atoms with Crippen LogP contribution in [0.25, 0.3) is 10.9 Å². The number of hydrogen-bond acceptors (Lipinski definition) is 1. The van der Waals surface area contributed by atoms with E-state index in [2.05, 4.69) is 17.6 Å². The summed E-state index contributed by atoms with van der Waals surface area (Å²) in [7, 11) is 0. The lowest BCUT2D eigenvalue weighted by Gasteiger charge is -1.92. The predicted octanol–water partition coefficient (Wildman–Crippen LogP) is 3.15. The van der Waals surface area contributed by atoms with Crippen LogP contribution in [0.4, 0.5) is 0 Å². The van der Waals surface area contributed by atoms with E-state index in [4.69, 9.17) is 5.41 Å². The van der Waals surface area contributed by atoms with Crippen molar-refractivity contribution in [2.45, 2.75) is 0 Å². The minimum Gasteiger partial charge on any atom is -0.360 e. The molecular weight excluding hydrogens is 295 g/mol. The zero-order chi connectivity index (χ0) is 8.55. The molecule has 1 heterocycles. The molecule has 0 saturated carbocycles. The van der Waals surface area contributed by atoms with Gasteiger partial charge in [0.2, 0.25) is 0 Å². The molecule has 0 aliphatic carbocycles. The van der Waals surface area contributed by atoms with Crippen LogP contribution < -0.4 is 0 Å². The molecule has 0 aliphatic rings. The van der Waals surface area contributed by atoms with Gasteiger partial charge in [0.05, 0.1) is 5.04 Å². The molecule has 0 radical (unpaired) electrons. The van der Waals surface area contributed by atoms with Crippen LogP contribution in [-0.2, 0) is 0 Å². The quantitative estimate of drug-likeness (QED) is 0.313. The third kappa shape index (κ3) is 1.88. The van der Waals surface area contributed by atoms with Crippen LogP contribution in [0.5, 0.6) is 0 Å². The van der Waals surface area contributed by atoms with Gasteiger partial charge in [-0.3, -0.25) is 5.41 Å². The van der Waals surface area contributed by atoms with Crippen LogP contribution in [-0.4, -0.2) is 10.0 Å². The van der Waals surface area contributed by atoms with Gasteiger partial charge < -0.3 is 4.98 Å². The molecule has 1 aromatic heterocycles. The second-order valence-corrected chi connectivity index (χ2v) is 3.04. The molecule has 13 heavy (non-hydrogen) atoms. The number of hydrogen-bond donors (Lipinski definition) is 3. The molecular formula is C9H10IN2S+. The number of rotatable bonds is 1. The first-order chi connectivity index (χ1) is 5.79. The maximum atomic E-state index is 7.38. The van der Waals surface area contributed by atoms with E-state index in [9.17, 15) is 0 Å². The van der Waals surface area contributed by atoms with Crippen LogP contribution in [0.1, 0.15) is 6.99 Å². The van der Waals surface area contributed by atoms with E-state index in [0.29, 0.717) is 5.04 Å². The van der Waals surface area contributed by atoms with Gasteiger partial charge in [-0.25, -0.2) is 0 Å². The van der Waals surface area contributed by atoms with Gasteiger partial charge in [-0.2, -0.15) is 0 Å². The second kappa shape index (κ2) is 4.15. The van der Waals surface area contributed by atoms with Crippen molar-refractivity contribution in [1.29, 1.82) is 5.41 Å². The summed E-state index contributed by atoms with van der Waals surface area (Å²) in [6, 6.07) is 7.88. The molecule has 4 heteroatoms. The molecule has 68 valence electrons. The van der Waals surface area contributed by atoms with Gasteiger partial charge in [-0.1, -0.05) is 18.2 Å². The lowest BCUT2D eigenvalue weighted by molar-refractivity contribution is 1.46. The number of fused-ring (bicyclic) bond motifs is 1. The van der Waals surface area contributed by atoms with Gasteiger partial charge in [-0.15, -0.1) is 36.6 Å². The first-order valence-electron chi connectivity index (χ1n) is 3.63. The van der Waals surface area contributed by atoms with Crippen molar-refractivity contribution in [2.24, 2.45) is 0 Å². The Kier molecular flexibility index (Phi) is 3.38. The molecule has 0 atom stereocenters. The first kappa shape index (κ1) is 10.6. The monoisotopic (exact) mass is 305 g/mol. The minimum absolute atomic E-state index is 0. The molecule has 0 fully saturated rings. The first-order valence-corrected chi connectivity index (χ1v) is 4.08. The second-order valence-electron chi connectivity index (χ2n) is 2.60. The molecule has 2 aromatic rings. The van der Waals surface area contributed by atoms with Crippen molar-refractivity contribution < 1.29 is 1.43 Å². The Morgan fingerprint density at radius 2 is 2.08 bits per heavy atom. The Bertz CT molecular complexity index is 441. The lowest BCUT2D eigenvalue weighted by Crippen LogP contribution is -1.84. The molecule has 0 spiro atoms. The van der Waals surface area contributed by atoms with Crippen LogP contribution >= 0.6 is 36.6 Å². The molecule has 2 rings (SSSR count). The molecule has 0 bridgehead atoms. The highest BCUT2D eigenvalue weighted by atomic mass is 127. The molecule has 0 aliphatic heterocycles. The third-order valence-electron chi connectivity index (χ3n) is 1.84. The normalized spacial score (nSPS) is 9.62. The number of para-hydroxylation sites is 1. The molecule has 2 nitrogen and oxygen atoms in total. The fourth-order valence-corrected chi connectivity index (χ4v) is 1.45. The van der Waals surface area contributed by atoms with Crippen molar-refractivity contribution in [3.05, 3.63) is 36.0 Å². The highest BCUT2D eigenvalue weighted by Crippen LogP contribution is 2.18. The Morgan fingerprint density at radius 1 is 1.38 bits per heavy atom. The van der Waals surface area contributed by atoms with Crippen LogP contribution in [0.3, 0.4) is 0 Å². The number of aromatic nitrogens is 1. The fourth-order valence-electron chi connectivity index (χ4n) is 1.27. The Labute approximate surface area is 100 Å². The van der Waals surface area contributed by atoms with Crippen molar-refractivity contribution in [3.8, 4) is 0 Å². The Hall–Kier alpha value is -0.490. The standard InChI is InChI=1S/C9H8N2S.HI/c10-9(12)7-5-11-8-4-2-1-3-6(7)8;/h1-5,11H,(H2,10,12);1H/p+1. The Morgan fingerprint density at radius 3 is 2.77 bits per heavy atom. The summed E-state index contributed by atoms with van der Waals surface area (Å²) in [5.74, 6) is 0. The van der Waals surface area contributed by atoms with Crippen molar-refractivity contribution in [2.75, 3.05) is 0 Å². The van der Waals surface area contributed by atoms with Crippen molar-refractivity contribution in [1.82, 2.24) is 4.98 Å². The Balaban J connectivity index is 0.000000845. The summed E-state index contributed by atoms with van der Waals surface area (Å²) >= 11 is 3.99. The number of benzene rings is 1. The third-order valence-corrected chi connectivity index (χ3v) is 2.09. The average molecular weight is 305 g/mol. The van der Waals surface area contributed by atoms with Gasteiger partial charge in [0.25, 0.3) is 0 Å². The zero-order valence-corrected chi connectivity index (χ0v) is 9.97. The van der Waals surface area contributed by atoms with Gasteiger partial charge in [0, 0.05) is 22.7 Å². The molecule has 0 unspecified atom stereocenters. The van der Waals surface area contributed by atoms with Crippen LogP contribution in [0.2, 0.25) is 0 Å². The number of aromatic amines is 1. The molecule has 0 saturated heterocycles. The van der Waals surface area contributed by atoms with E-state index in [-0.39, 0.29) is 25.4 Å². The summed E-state index contributed by atoms with van der Waals surface area (Å²) in [5, 5.41) is 8.73. The zero-order valence-electron chi connectivity index (χ0n) is 7.74. The van der Waals surface area contributed by atoms with E-state index in [0.717, 1.165) is 16.5 Å². The maximum absolute atomic E-state index is 7.38. The van der Waals surface area contributed by atoms with Crippen molar-refractivity contribution >= 4 is 52.6 Å².